The molecule has 1 aromatic carbocycles. The van der Waals surface area contributed by atoms with Crippen molar-refractivity contribution in [3.63, 3.8) is 0 Å². The second-order valence-electron chi connectivity index (χ2n) is 7.02. The van der Waals surface area contributed by atoms with Gasteiger partial charge in [-0.05, 0) is 36.1 Å². The molecule has 0 spiro atoms. The van der Waals surface area contributed by atoms with Crippen molar-refractivity contribution in [2.24, 2.45) is 5.41 Å². The summed E-state index contributed by atoms with van der Waals surface area (Å²) < 4.78 is 2.36. The van der Waals surface area contributed by atoms with Crippen molar-refractivity contribution in [1.29, 1.82) is 0 Å². The van der Waals surface area contributed by atoms with Gasteiger partial charge in [-0.1, -0.05) is 45.9 Å². The van der Waals surface area contributed by atoms with Crippen LogP contribution in [0.4, 0.5) is 0 Å². The van der Waals surface area contributed by atoms with Crippen molar-refractivity contribution in [1.82, 2.24) is 0 Å². The number of rotatable bonds is 5. The fourth-order valence-electron chi connectivity index (χ4n) is 2.78. The summed E-state index contributed by atoms with van der Waals surface area (Å²) in [6.45, 7) is 10.3. The van der Waals surface area contributed by atoms with E-state index < -0.39 is 0 Å². The Morgan fingerprint density at radius 3 is 2.50 bits per heavy atom. The standard InChI is InChI=1S/C19H28N/c1-5-13-20-14-16-9-6-7-11-18(16)17(15-20)10-8-12-19(2,3)4/h6-7,9,11,14-15H,5,8,10,12-13H2,1-4H3/q+1. The van der Waals surface area contributed by atoms with Gasteiger partial charge in [0, 0.05) is 17.4 Å². The average Bonchev–Trinajstić information content (AvgIpc) is 2.37. The monoisotopic (exact) mass is 270 g/mol. The van der Waals surface area contributed by atoms with Crippen molar-refractivity contribution in [3.8, 4) is 0 Å². The maximum absolute atomic E-state index is 2.36. The molecule has 0 bridgehead atoms. The lowest BCUT2D eigenvalue weighted by atomic mass is 9.88. The highest BCUT2D eigenvalue weighted by atomic mass is 14.9. The van der Waals surface area contributed by atoms with Gasteiger partial charge in [-0.15, -0.1) is 0 Å². The molecule has 0 aliphatic rings. The molecule has 108 valence electrons. The van der Waals surface area contributed by atoms with Crippen LogP contribution >= 0.6 is 0 Å². The van der Waals surface area contributed by atoms with Crippen LogP contribution in [0.15, 0.2) is 36.7 Å². The first-order valence-electron chi connectivity index (χ1n) is 7.90. The Kier molecular flexibility index (Phi) is 4.80. The van der Waals surface area contributed by atoms with Crippen LogP contribution in [-0.2, 0) is 13.0 Å². The average molecular weight is 270 g/mol. The van der Waals surface area contributed by atoms with E-state index in [0.717, 1.165) is 6.54 Å². The maximum Gasteiger partial charge on any atom is 0.176 e. The number of aryl methyl sites for hydroxylation is 2. The third kappa shape index (κ3) is 4.06. The molecule has 0 aliphatic carbocycles. The molecule has 0 atom stereocenters. The minimum atomic E-state index is 0.434. The number of nitrogens with zero attached hydrogens (tertiary/aromatic N) is 1. The molecule has 1 aromatic heterocycles. The first kappa shape index (κ1) is 15.0. The van der Waals surface area contributed by atoms with Crippen LogP contribution in [0.5, 0.6) is 0 Å². The van der Waals surface area contributed by atoms with E-state index in [-0.39, 0.29) is 0 Å². The third-order valence-electron chi connectivity index (χ3n) is 3.79. The Morgan fingerprint density at radius 2 is 1.80 bits per heavy atom. The molecule has 2 rings (SSSR count). The number of pyridine rings is 1. The molecular weight excluding hydrogens is 242 g/mol. The molecular formula is C19H28N+. The van der Waals surface area contributed by atoms with Crippen LogP contribution in [0.2, 0.25) is 0 Å². The summed E-state index contributed by atoms with van der Waals surface area (Å²) in [5, 5.41) is 2.79. The predicted octanol–water partition coefficient (Wildman–Crippen LogP) is 4.91. The van der Waals surface area contributed by atoms with Gasteiger partial charge in [0.05, 0.1) is 0 Å². The topological polar surface area (TPSA) is 3.88 Å². The summed E-state index contributed by atoms with van der Waals surface area (Å²) in [6.07, 6.45) is 9.56. The van der Waals surface area contributed by atoms with E-state index in [1.807, 2.05) is 0 Å². The Balaban J connectivity index is 2.25. The van der Waals surface area contributed by atoms with Gasteiger partial charge in [0.25, 0.3) is 0 Å². The summed E-state index contributed by atoms with van der Waals surface area (Å²) in [7, 11) is 0. The molecule has 0 fully saturated rings. The Labute approximate surface area is 123 Å². The molecule has 1 nitrogen and oxygen atoms in total. The fraction of sp³-hybridized carbons (Fsp3) is 0.526. The van der Waals surface area contributed by atoms with Crippen LogP contribution < -0.4 is 4.57 Å². The quantitative estimate of drug-likeness (QED) is 0.680. The lowest BCUT2D eigenvalue weighted by Gasteiger charge is -2.17. The summed E-state index contributed by atoms with van der Waals surface area (Å²) in [5.74, 6) is 0. The van der Waals surface area contributed by atoms with Gasteiger partial charge in [0.15, 0.2) is 12.4 Å². The molecule has 0 radical (unpaired) electrons. The van der Waals surface area contributed by atoms with Gasteiger partial charge >= 0.3 is 0 Å². The summed E-state index contributed by atoms with van der Waals surface area (Å²) in [6, 6.07) is 8.78. The van der Waals surface area contributed by atoms with Crippen LogP contribution in [0.25, 0.3) is 10.8 Å². The van der Waals surface area contributed by atoms with Gasteiger partial charge in [-0.2, -0.15) is 0 Å². The number of fused-ring (bicyclic) bond motifs is 1. The molecule has 1 heterocycles. The van der Waals surface area contributed by atoms with Crippen LogP contribution in [-0.4, -0.2) is 0 Å². The summed E-state index contributed by atoms with van der Waals surface area (Å²) >= 11 is 0. The Hall–Kier alpha value is -1.37. The first-order valence-corrected chi connectivity index (χ1v) is 7.90. The highest BCUT2D eigenvalue weighted by Gasteiger charge is 2.12. The first-order chi connectivity index (χ1) is 9.49. The van der Waals surface area contributed by atoms with E-state index in [4.69, 9.17) is 0 Å². The van der Waals surface area contributed by atoms with Crippen molar-refractivity contribution >= 4 is 10.8 Å². The van der Waals surface area contributed by atoms with E-state index in [1.165, 1.54) is 42.0 Å². The molecule has 0 aliphatic heterocycles. The van der Waals surface area contributed by atoms with Crippen molar-refractivity contribution < 1.29 is 4.57 Å². The molecule has 0 unspecified atom stereocenters. The molecule has 1 heteroatoms. The van der Waals surface area contributed by atoms with Gasteiger partial charge in [0.1, 0.15) is 6.54 Å². The van der Waals surface area contributed by atoms with Crippen molar-refractivity contribution in [3.05, 3.63) is 42.2 Å². The van der Waals surface area contributed by atoms with Gasteiger partial charge in [-0.25, -0.2) is 4.57 Å². The Bertz CT molecular complexity index is 563. The smallest absolute Gasteiger partial charge is 0.176 e. The molecule has 0 saturated carbocycles. The maximum atomic E-state index is 2.36. The second-order valence-corrected chi connectivity index (χ2v) is 7.02. The molecule has 0 saturated heterocycles. The second kappa shape index (κ2) is 6.39. The molecule has 2 aromatic rings. The normalized spacial score (nSPS) is 12.0. The number of hydrogen-bond acceptors (Lipinski definition) is 0. The van der Waals surface area contributed by atoms with E-state index in [9.17, 15) is 0 Å². The molecule has 0 N–H and O–H groups in total. The molecule has 20 heavy (non-hydrogen) atoms. The van der Waals surface area contributed by atoms with E-state index in [1.54, 1.807) is 0 Å². The lowest BCUT2D eigenvalue weighted by molar-refractivity contribution is -0.696. The highest BCUT2D eigenvalue weighted by molar-refractivity contribution is 5.83. The zero-order chi connectivity index (χ0) is 14.6. The number of benzene rings is 1. The van der Waals surface area contributed by atoms with E-state index >= 15 is 0 Å². The zero-order valence-corrected chi connectivity index (χ0v) is 13.4. The number of aromatic nitrogens is 1. The van der Waals surface area contributed by atoms with Crippen LogP contribution in [0.1, 0.15) is 52.5 Å². The SMILES string of the molecule is CCC[n+]1cc(CCCC(C)(C)C)c2ccccc2c1. The van der Waals surface area contributed by atoms with Crippen LogP contribution in [0.3, 0.4) is 0 Å². The van der Waals surface area contributed by atoms with Gasteiger partial charge in [0.2, 0.25) is 0 Å². The van der Waals surface area contributed by atoms with Crippen molar-refractivity contribution in [2.75, 3.05) is 0 Å². The zero-order valence-electron chi connectivity index (χ0n) is 13.4. The lowest BCUT2D eigenvalue weighted by Crippen LogP contribution is -2.33. The van der Waals surface area contributed by atoms with Gasteiger partial charge < -0.3 is 0 Å². The van der Waals surface area contributed by atoms with Crippen LogP contribution in [0, 0.1) is 5.41 Å². The van der Waals surface area contributed by atoms with Gasteiger partial charge in [-0.3, -0.25) is 0 Å². The minimum Gasteiger partial charge on any atom is -0.204 e. The number of hydrogen-bond donors (Lipinski definition) is 0. The Morgan fingerprint density at radius 1 is 1.05 bits per heavy atom. The van der Waals surface area contributed by atoms with Crippen molar-refractivity contribution in [2.45, 2.75) is 59.9 Å². The summed E-state index contributed by atoms with van der Waals surface area (Å²) in [5.41, 5.74) is 1.94. The fourth-order valence-corrected chi connectivity index (χ4v) is 2.78. The predicted molar refractivity (Wildman–Crippen MR) is 86.8 cm³/mol. The third-order valence-corrected chi connectivity index (χ3v) is 3.79. The molecule has 0 amide bonds. The summed E-state index contributed by atoms with van der Waals surface area (Å²) in [4.78, 5) is 0. The minimum absolute atomic E-state index is 0.434. The van der Waals surface area contributed by atoms with E-state index in [2.05, 4.69) is 68.9 Å². The highest BCUT2D eigenvalue weighted by Crippen LogP contribution is 2.24. The largest absolute Gasteiger partial charge is 0.204 e. The van der Waals surface area contributed by atoms with E-state index in [0.29, 0.717) is 5.41 Å².